The van der Waals surface area contributed by atoms with E-state index in [1.807, 2.05) is 32.9 Å². The minimum Gasteiger partial charge on any atom is -0.480 e. The largest absolute Gasteiger partial charge is 0.480 e. The quantitative estimate of drug-likeness (QED) is 0.896. The molecule has 26 heavy (non-hydrogen) atoms. The van der Waals surface area contributed by atoms with Gasteiger partial charge in [0, 0.05) is 31.5 Å². The summed E-state index contributed by atoms with van der Waals surface area (Å²) in [4.78, 5) is 29.2. The molecule has 2 heterocycles. The predicted molar refractivity (Wildman–Crippen MR) is 98.3 cm³/mol. The molecule has 1 aromatic carbocycles. The highest BCUT2D eigenvalue weighted by atomic mass is 16.5. The zero-order chi connectivity index (χ0) is 19.1. The van der Waals surface area contributed by atoms with Crippen LogP contribution >= 0.6 is 0 Å². The van der Waals surface area contributed by atoms with Crippen LogP contribution in [0.15, 0.2) is 12.1 Å². The zero-order valence-electron chi connectivity index (χ0n) is 16.0. The topological polar surface area (TPSA) is 70.1 Å². The summed E-state index contributed by atoms with van der Waals surface area (Å²) in [5.41, 5.74) is 2.64. The molecule has 0 bridgehead atoms. The van der Waals surface area contributed by atoms with Crippen molar-refractivity contribution >= 4 is 11.9 Å². The summed E-state index contributed by atoms with van der Waals surface area (Å²) < 4.78 is 6.00. The summed E-state index contributed by atoms with van der Waals surface area (Å²) in [6.07, 6.45) is 1.28. The van der Waals surface area contributed by atoms with Crippen molar-refractivity contribution < 1.29 is 19.4 Å². The van der Waals surface area contributed by atoms with E-state index in [-0.39, 0.29) is 12.5 Å². The molecule has 142 valence electrons. The van der Waals surface area contributed by atoms with Crippen LogP contribution in [0.5, 0.6) is 0 Å². The van der Waals surface area contributed by atoms with Crippen LogP contribution in [0.1, 0.15) is 46.8 Å². The van der Waals surface area contributed by atoms with Crippen molar-refractivity contribution in [3.63, 3.8) is 0 Å². The number of ether oxygens (including phenoxy) is 1. The fourth-order valence-corrected chi connectivity index (χ4v) is 4.41. The van der Waals surface area contributed by atoms with E-state index in [0.717, 1.165) is 36.3 Å². The second-order valence-electron chi connectivity index (χ2n) is 7.49. The number of amides is 1. The molecule has 1 N–H and O–H groups in total. The van der Waals surface area contributed by atoms with Crippen LogP contribution in [0.25, 0.3) is 0 Å². The number of aryl methyl sites for hydroxylation is 3. The van der Waals surface area contributed by atoms with Gasteiger partial charge in [-0.3, -0.25) is 9.69 Å². The second-order valence-corrected chi connectivity index (χ2v) is 7.49. The van der Waals surface area contributed by atoms with Gasteiger partial charge in [-0.25, -0.2) is 4.79 Å². The van der Waals surface area contributed by atoms with Gasteiger partial charge < -0.3 is 14.7 Å². The average molecular weight is 360 g/mol. The third kappa shape index (κ3) is 3.12. The molecule has 6 nitrogen and oxygen atoms in total. The van der Waals surface area contributed by atoms with Gasteiger partial charge in [0.15, 0.2) is 6.04 Å². The van der Waals surface area contributed by atoms with Gasteiger partial charge in [0.1, 0.15) is 5.72 Å². The highest BCUT2D eigenvalue weighted by Crippen LogP contribution is 2.39. The predicted octanol–water partition coefficient (Wildman–Crippen LogP) is 2.35. The van der Waals surface area contributed by atoms with Gasteiger partial charge in [-0.15, -0.1) is 0 Å². The summed E-state index contributed by atoms with van der Waals surface area (Å²) in [6.45, 7) is 10.5. The lowest BCUT2D eigenvalue weighted by Gasteiger charge is -2.44. The summed E-state index contributed by atoms with van der Waals surface area (Å²) in [5.74, 6) is -1.23. The number of carbonyl (C=O) groups excluding carboxylic acids is 1. The third-order valence-corrected chi connectivity index (χ3v) is 5.74. The first-order valence-corrected chi connectivity index (χ1v) is 9.29. The number of likely N-dealkylation sites (tertiary alicyclic amines) is 1. The standard InChI is InChI=1S/C20H28N2O4/c1-5-21-8-6-20(7-9-21)22(16(12-26-20)19(24)25)18(23)17-14(3)10-13(2)11-15(17)4/h10-11,16H,5-9,12H2,1-4H3,(H,24,25)/t16-/m1/s1. The van der Waals surface area contributed by atoms with Gasteiger partial charge in [-0.05, 0) is 38.4 Å². The Morgan fingerprint density at radius 3 is 2.27 bits per heavy atom. The molecule has 0 unspecified atom stereocenters. The van der Waals surface area contributed by atoms with E-state index in [1.54, 1.807) is 0 Å². The smallest absolute Gasteiger partial charge is 0.328 e. The Kier molecular flexibility index (Phi) is 5.08. The lowest BCUT2D eigenvalue weighted by atomic mass is 9.94. The average Bonchev–Trinajstić information content (AvgIpc) is 2.93. The van der Waals surface area contributed by atoms with E-state index in [2.05, 4.69) is 11.8 Å². The minimum absolute atomic E-state index is 0.0527. The van der Waals surface area contributed by atoms with E-state index >= 15 is 0 Å². The summed E-state index contributed by atoms with van der Waals surface area (Å²) >= 11 is 0. The minimum atomic E-state index is -1.00. The lowest BCUT2D eigenvalue weighted by Crippen LogP contribution is -2.58. The number of rotatable bonds is 3. The molecule has 6 heteroatoms. The van der Waals surface area contributed by atoms with E-state index in [0.29, 0.717) is 18.4 Å². The van der Waals surface area contributed by atoms with Gasteiger partial charge in [0.05, 0.1) is 6.61 Å². The molecule has 0 aliphatic carbocycles. The van der Waals surface area contributed by atoms with Gasteiger partial charge in [-0.1, -0.05) is 24.6 Å². The summed E-state index contributed by atoms with van der Waals surface area (Å²) in [6, 6.07) is 3.01. The molecule has 0 saturated carbocycles. The Morgan fingerprint density at radius 1 is 1.19 bits per heavy atom. The molecular formula is C20H28N2O4. The molecule has 2 saturated heterocycles. The van der Waals surface area contributed by atoms with E-state index < -0.39 is 17.7 Å². The van der Waals surface area contributed by atoms with Crippen LogP contribution in [0.2, 0.25) is 0 Å². The lowest BCUT2D eigenvalue weighted by molar-refractivity contribution is -0.143. The molecule has 0 radical (unpaired) electrons. The van der Waals surface area contributed by atoms with Crippen molar-refractivity contribution in [2.45, 2.75) is 52.3 Å². The summed E-state index contributed by atoms with van der Waals surface area (Å²) in [7, 11) is 0. The third-order valence-electron chi connectivity index (χ3n) is 5.74. The molecule has 1 aromatic rings. The molecule has 3 rings (SSSR count). The van der Waals surface area contributed by atoms with Crippen LogP contribution in [-0.2, 0) is 9.53 Å². The van der Waals surface area contributed by atoms with Gasteiger partial charge in [-0.2, -0.15) is 0 Å². The Labute approximate surface area is 154 Å². The first-order chi connectivity index (χ1) is 12.3. The number of piperidine rings is 1. The van der Waals surface area contributed by atoms with E-state index in [4.69, 9.17) is 4.74 Å². The Balaban J connectivity index is 2.00. The van der Waals surface area contributed by atoms with Crippen LogP contribution in [0.3, 0.4) is 0 Å². The van der Waals surface area contributed by atoms with Crippen molar-refractivity contribution in [2.24, 2.45) is 0 Å². The molecule has 1 atom stereocenters. The van der Waals surface area contributed by atoms with Crippen LogP contribution in [0.4, 0.5) is 0 Å². The van der Waals surface area contributed by atoms with Crippen LogP contribution in [0, 0.1) is 20.8 Å². The summed E-state index contributed by atoms with van der Waals surface area (Å²) in [5, 5.41) is 9.69. The van der Waals surface area contributed by atoms with Crippen molar-refractivity contribution in [3.8, 4) is 0 Å². The molecule has 2 fully saturated rings. The number of aliphatic carboxylic acids is 1. The fraction of sp³-hybridized carbons (Fsp3) is 0.600. The fourth-order valence-electron chi connectivity index (χ4n) is 4.41. The van der Waals surface area contributed by atoms with Crippen molar-refractivity contribution in [1.29, 1.82) is 0 Å². The van der Waals surface area contributed by atoms with Crippen molar-refractivity contribution in [2.75, 3.05) is 26.2 Å². The first kappa shape index (κ1) is 18.9. The molecule has 1 amide bonds. The SMILES string of the molecule is CCN1CCC2(CC1)OC[C@H](C(=O)O)N2C(=O)c1c(C)cc(C)cc1C. The number of benzene rings is 1. The molecular weight excluding hydrogens is 332 g/mol. The van der Waals surface area contributed by atoms with Crippen molar-refractivity contribution in [3.05, 3.63) is 34.4 Å². The van der Waals surface area contributed by atoms with Gasteiger partial charge >= 0.3 is 5.97 Å². The van der Waals surface area contributed by atoms with Gasteiger partial charge in [0.25, 0.3) is 5.91 Å². The van der Waals surface area contributed by atoms with E-state index in [9.17, 15) is 14.7 Å². The highest BCUT2D eigenvalue weighted by Gasteiger charge is 2.54. The number of carbonyl (C=O) groups is 2. The normalized spacial score (nSPS) is 22.8. The monoisotopic (exact) mass is 360 g/mol. The van der Waals surface area contributed by atoms with Crippen LogP contribution in [-0.4, -0.2) is 64.8 Å². The van der Waals surface area contributed by atoms with Gasteiger partial charge in [0.2, 0.25) is 0 Å². The maximum absolute atomic E-state index is 13.5. The number of hydrogen-bond acceptors (Lipinski definition) is 4. The highest BCUT2D eigenvalue weighted by molar-refractivity contribution is 6.00. The number of carboxylic acid groups (broad SMARTS) is 1. The Bertz CT molecular complexity index is 700. The molecule has 0 aromatic heterocycles. The van der Waals surface area contributed by atoms with Crippen molar-refractivity contribution in [1.82, 2.24) is 9.80 Å². The second kappa shape index (κ2) is 7.00. The molecule has 1 spiro atoms. The molecule has 2 aliphatic rings. The maximum Gasteiger partial charge on any atom is 0.328 e. The maximum atomic E-state index is 13.5. The van der Waals surface area contributed by atoms with Crippen LogP contribution < -0.4 is 0 Å². The molecule has 2 aliphatic heterocycles. The van der Waals surface area contributed by atoms with E-state index in [1.165, 1.54) is 4.90 Å². The zero-order valence-corrected chi connectivity index (χ0v) is 16.0. The number of nitrogens with zero attached hydrogens (tertiary/aromatic N) is 2. The number of hydrogen-bond donors (Lipinski definition) is 1. The first-order valence-electron chi connectivity index (χ1n) is 9.29. The number of carboxylic acids is 1. The Hall–Kier alpha value is -1.92. The Morgan fingerprint density at radius 2 is 1.77 bits per heavy atom.